The van der Waals surface area contributed by atoms with E-state index in [9.17, 15) is 4.57 Å². The van der Waals surface area contributed by atoms with Gasteiger partial charge in [0.05, 0.1) is 12.8 Å². The van der Waals surface area contributed by atoms with Crippen molar-refractivity contribution in [1.29, 1.82) is 0 Å². The first-order valence-electron chi connectivity index (χ1n) is 3.95. The summed E-state index contributed by atoms with van der Waals surface area (Å²) in [5.74, 6) is -0.207. The van der Waals surface area contributed by atoms with Crippen LogP contribution in [0.2, 0.25) is 0 Å². The molecule has 0 spiro atoms. The molecule has 0 saturated heterocycles. The number of ether oxygens (including phenoxy) is 1. The summed E-state index contributed by atoms with van der Waals surface area (Å²) in [6.45, 7) is 0.486. The van der Waals surface area contributed by atoms with E-state index in [1.165, 1.54) is 7.11 Å². The van der Waals surface area contributed by atoms with Gasteiger partial charge >= 0.3 is 7.60 Å². The minimum atomic E-state index is -3.76. The SMILES string of the molecule is [B]c1oc(CO)c(OP(C)(=O)O)c1OC. The molecule has 0 aliphatic rings. The fourth-order valence-electron chi connectivity index (χ4n) is 1.02. The van der Waals surface area contributed by atoms with Crippen molar-refractivity contribution in [2.75, 3.05) is 13.8 Å². The molecule has 1 atom stereocenters. The zero-order valence-electron chi connectivity index (χ0n) is 8.26. The van der Waals surface area contributed by atoms with Gasteiger partial charge in [0.2, 0.25) is 5.75 Å². The Kier molecular flexibility index (Phi) is 3.49. The zero-order valence-corrected chi connectivity index (χ0v) is 9.15. The minimum Gasteiger partial charge on any atom is -0.491 e. The Morgan fingerprint density at radius 1 is 1.53 bits per heavy atom. The van der Waals surface area contributed by atoms with E-state index in [0.29, 0.717) is 0 Å². The van der Waals surface area contributed by atoms with Gasteiger partial charge in [-0.05, 0) is 0 Å². The normalized spacial score (nSPS) is 14.7. The average Bonchev–Trinajstić information content (AvgIpc) is 2.39. The number of rotatable bonds is 4. The highest BCUT2D eigenvalue weighted by molar-refractivity contribution is 7.52. The summed E-state index contributed by atoms with van der Waals surface area (Å²) >= 11 is 0. The second kappa shape index (κ2) is 4.30. The first-order valence-corrected chi connectivity index (χ1v) is 5.97. The minimum absolute atomic E-state index is 0.00447. The largest absolute Gasteiger partial charge is 0.491 e. The molecule has 1 aromatic heterocycles. The van der Waals surface area contributed by atoms with Crippen LogP contribution in [0, 0.1) is 0 Å². The molecule has 0 amide bonds. The summed E-state index contributed by atoms with van der Waals surface area (Å²) in [6, 6.07) is 0. The fourth-order valence-corrected chi connectivity index (χ4v) is 1.55. The Balaban J connectivity index is 3.18. The van der Waals surface area contributed by atoms with Crippen LogP contribution in [0.4, 0.5) is 0 Å². The fraction of sp³-hybridized carbons (Fsp3) is 0.429. The lowest BCUT2D eigenvalue weighted by Gasteiger charge is -2.09. The van der Waals surface area contributed by atoms with Gasteiger partial charge < -0.3 is 23.7 Å². The molecular weight excluding hydrogens is 222 g/mol. The van der Waals surface area contributed by atoms with E-state index in [4.69, 9.17) is 31.5 Å². The molecule has 8 heteroatoms. The number of hydrogen-bond acceptors (Lipinski definition) is 5. The summed E-state index contributed by atoms with van der Waals surface area (Å²) < 4.78 is 25.5. The lowest BCUT2D eigenvalue weighted by atomic mass is 10.1. The van der Waals surface area contributed by atoms with Crippen LogP contribution in [0.5, 0.6) is 11.5 Å². The zero-order chi connectivity index (χ0) is 11.6. The Morgan fingerprint density at radius 2 is 2.13 bits per heavy atom. The molecule has 1 heterocycles. The third kappa shape index (κ3) is 2.78. The first kappa shape index (κ1) is 12.2. The predicted molar refractivity (Wildman–Crippen MR) is 52.9 cm³/mol. The van der Waals surface area contributed by atoms with Crippen molar-refractivity contribution in [1.82, 2.24) is 0 Å². The predicted octanol–water partition coefficient (Wildman–Crippen LogP) is -0.232. The van der Waals surface area contributed by atoms with E-state index in [-0.39, 0.29) is 22.9 Å². The van der Waals surface area contributed by atoms with Crippen molar-refractivity contribution >= 4 is 21.1 Å². The number of aliphatic hydroxyl groups excluding tert-OH is 1. The summed E-state index contributed by atoms with van der Waals surface area (Å²) in [7, 11) is 2.93. The number of methoxy groups -OCH3 is 1. The standard InChI is InChI=1S/C7H10BO6P/c1-12-6-5(14-15(2,10)11)4(3-9)13-7(6)8/h9H,3H2,1-2H3,(H,10,11). The number of hydrogen-bond donors (Lipinski definition) is 2. The highest BCUT2D eigenvalue weighted by Gasteiger charge is 2.24. The molecule has 2 radical (unpaired) electrons. The summed E-state index contributed by atoms with van der Waals surface area (Å²) in [6.07, 6.45) is 0. The van der Waals surface area contributed by atoms with Gasteiger partial charge in [0.15, 0.2) is 19.4 Å². The number of aliphatic hydroxyl groups is 1. The van der Waals surface area contributed by atoms with E-state index in [1.807, 2.05) is 0 Å². The molecule has 0 fully saturated rings. The van der Waals surface area contributed by atoms with E-state index in [0.717, 1.165) is 6.66 Å². The third-order valence-corrected chi connectivity index (χ3v) is 2.05. The van der Waals surface area contributed by atoms with Gasteiger partial charge in [-0.15, -0.1) is 0 Å². The van der Waals surface area contributed by atoms with Gasteiger partial charge in [0.1, 0.15) is 6.61 Å². The molecule has 82 valence electrons. The van der Waals surface area contributed by atoms with Crippen molar-refractivity contribution < 1.29 is 28.2 Å². The Hall–Kier alpha value is -0.905. The van der Waals surface area contributed by atoms with Crippen LogP contribution >= 0.6 is 7.60 Å². The van der Waals surface area contributed by atoms with E-state index in [2.05, 4.69) is 0 Å². The molecular formula is C7H10BO6P. The van der Waals surface area contributed by atoms with Crippen LogP contribution < -0.4 is 14.9 Å². The summed E-state index contributed by atoms with van der Waals surface area (Å²) in [5, 5.41) is 8.89. The molecule has 6 nitrogen and oxygen atoms in total. The summed E-state index contributed by atoms with van der Waals surface area (Å²) in [4.78, 5) is 9.03. The van der Waals surface area contributed by atoms with Crippen molar-refractivity contribution in [3.8, 4) is 11.5 Å². The lowest BCUT2D eigenvalue weighted by molar-refractivity contribution is 0.244. The van der Waals surface area contributed by atoms with Crippen LogP contribution in [-0.2, 0) is 11.2 Å². The highest BCUT2D eigenvalue weighted by atomic mass is 31.2. The van der Waals surface area contributed by atoms with Gasteiger partial charge in [-0.3, -0.25) is 0 Å². The van der Waals surface area contributed by atoms with E-state index < -0.39 is 14.2 Å². The van der Waals surface area contributed by atoms with Crippen LogP contribution in [-0.4, -0.2) is 31.6 Å². The molecule has 0 saturated carbocycles. The van der Waals surface area contributed by atoms with Gasteiger partial charge in [0, 0.05) is 6.66 Å². The lowest BCUT2D eigenvalue weighted by Crippen LogP contribution is -2.02. The molecule has 2 N–H and O–H groups in total. The topological polar surface area (TPSA) is 89.1 Å². The molecule has 0 aliphatic carbocycles. The molecule has 0 aromatic carbocycles. The maximum absolute atomic E-state index is 11.0. The van der Waals surface area contributed by atoms with Crippen LogP contribution in [0.3, 0.4) is 0 Å². The van der Waals surface area contributed by atoms with Gasteiger partial charge in [-0.2, -0.15) is 0 Å². The Bertz CT molecular complexity index is 394. The molecule has 1 unspecified atom stereocenters. The van der Waals surface area contributed by atoms with Gasteiger partial charge in [-0.1, -0.05) is 0 Å². The van der Waals surface area contributed by atoms with E-state index in [1.54, 1.807) is 0 Å². The monoisotopic (exact) mass is 232 g/mol. The molecule has 1 aromatic rings. The van der Waals surface area contributed by atoms with Crippen molar-refractivity contribution in [3.63, 3.8) is 0 Å². The smallest absolute Gasteiger partial charge is 0.373 e. The Morgan fingerprint density at radius 3 is 2.53 bits per heavy atom. The van der Waals surface area contributed by atoms with Crippen LogP contribution in [0.1, 0.15) is 5.76 Å². The van der Waals surface area contributed by atoms with Crippen molar-refractivity contribution in [2.45, 2.75) is 6.61 Å². The quantitative estimate of drug-likeness (QED) is 0.550. The van der Waals surface area contributed by atoms with Crippen molar-refractivity contribution in [2.24, 2.45) is 0 Å². The Labute approximate surface area is 87.8 Å². The van der Waals surface area contributed by atoms with Crippen LogP contribution in [0.15, 0.2) is 4.42 Å². The average molecular weight is 232 g/mol. The second-order valence-electron chi connectivity index (χ2n) is 2.80. The second-order valence-corrected chi connectivity index (χ2v) is 4.59. The van der Waals surface area contributed by atoms with Gasteiger partial charge in [0.25, 0.3) is 0 Å². The third-order valence-electron chi connectivity index (χ3n) is 1.52. The molecule has 0 aliphatic heterocycles. The highest BCUT2D eigenvalue weighted by Crippen LogP contribution is 2.44. The maximum atomic E-state index is 11.0. The first-order chi connectivity index (χ1) is 6.89. The van der Waals surface area contributed by atoms with Crippen molar-refractivity contribution in [3.05, 3.63) is 5.76 Å². The van der Waals surface area contributed by atoms with Gasteiger partial charge in [-0.25, -0.2) is 4.57 Å². The molecule has 0 bridgehead atoms. The molecule has 1 rings (SSSR count). The summed E-state index contributed by atoms with van der Waals surface area (Å²) in [5.41, 5.74) is -0.120. The number of furan rings is 1. The van der Waals surface area contributed by atoms with E-state index >= 15 is 0 Å². The molecule has 15 heavy (non-hydrogen) atoms. The van der Waals surface area contributed by atoms with Crippen LogP contribution in [0.25, 0.3) is 0 Å². The maximum Gasteiger partial charge on any atom is 0.373 e.